The molecule has 3 nitrogen and oxygen atoms in total. The zero-order chi connectivity index (χ0) is 13.7. The van der Waals surface area contributed by atoms with Gasteiger partial charge in [-0.25, -0.2) is 4.39 Å². The second-order valence-electron chi connectivity index (χ2n) is 4.22. The van der Waals surface area contributed by atoms with E-state index in [1.807, 2.05) is 17.7 Å². The molecular weight excluding hydrogens is 243 g/mol. The number of rotatable bonds is 3. The predicted octanol–water partition coefficient (Wildman–Crippen LogP) is 2.11. The first-order chi connectivity index (χ1) is 9.20. The maximum atomic E-state index is 13.6. The minimum Gasteiger partial charge on any atom is -0.395 e. The summed E-state index contributed by atoms with van der Waals surface area (Å²) in [6.45, 7) is 2.55. The van der Waals surface area contributed by atoms with Gasteiger partial charge in [0, 0.05) is 18.3 Å². The zero-order valence-electron chi connectivity index (χ0n) is 10.7. The third-order valence-electron chi connectivity index (χ3n) is 2.75. The smallest absolute Gasteiger partial charge is 0.138 e. The molecule has 2 aromatic rings. The number of aromatic nitrogens is 2. The van der Waals surface area contributed by atoms with Crippen molar-refractivity contribution in [3.05, 3.63) is 53.1 Å². The minimum atomic E-state index is -0.341. The molecule has 98 valence electrons. The fourth-order valence-corrected chi connectivity index (χ4v) is 1.72. The fraction of sp³-hybridized carbons (Fsp3) is 0.267. The summed E-state index contributed by atoms with van der Waals surface area (Å²) in [5, 5.41) is 12.9. The van der Waals surface area contributed by atoms with Crippen LogP contribution in [0, 0.1) is 24.6 Å². The Balaban J connectivity index is 2.22. The van der Waals surface area contributed by atoms with Crippen molar-refractivity contribution in [1.82, 2.24) is 9.78 Å². The van der Waals surface area contributed by atoms with E-state index in [0.29, 0.717) is 18.5 Å². The summed E-state index contributed by atoms with van der Waals surface area (Å²) < 4.78 is 15.4. The van der Waals surface area contributed by atoms with Gasteiger partial charge in [-0.05, 0) is 30.7 Å². The largest absolute Gasteiger partial charge is 0.395 e. The Morgan fingerprint density at radius 1 is 1.37 bits per heavy atom. The van der Waals surface area contributed by atoms with Gasteiger partial charge in [-0.15, -0.1) is 0 Å². The highest BCUT2D eigenvalue weighted by Gasteiger charge is 2.03. The number of aryl methyl sites for hydroxylation is 1. The topological polar surface area (TPSA) is 38.0 Å². The summed E-state index contributed by atoms with van der Waals surface area (Å²) >= 11 is 0. The molecule has 0 spiro atoms. The monoisotopic (exact) mass is 258 g/mol. The van der Waals surface area contributed by atoms with Gasteiger partial charge in [0.05, 0.1) is 18.7 Å². The molecule has 1 aromatic carbocycles. The lowest BCUT2D eigenvalue weighted by Crippen LogP contribution is -2.04. The van der Waals surface area contributed by atoms with Crippen LogP contribution in [0.2, 0.25) is 0 Å². The van der Waals surface area contributed by atoms with E-state index in [1.54, 1.807) is 18.3 Å². The molecule has 0 atom stereocenters. The van der Waals surface area contributed by atoms with Crippen LogP contribution >= 0.6 is 0 Å². The highest BCUT2D eigenvalue weighted by Crippen LogP contribution is 2.11. The van der Waals surface area contributed by atoms with Gasteiger partial charge in [0.15, 0.2) is 0 Å². The lowest BCUT2D eigenvalue weighted by molar-refractivity contribution is 0.305. The van der Waals surface area contributed by atoms with E-state index >= 15 is 0 Å². The van der Waals surface area contributed by atoms with E-state index in [9.17, 15) is 4.39 Å². The molecule has 1 heterocycles. The van der Waals surface area contributed by atoms with Crippen LogP contribution in [0.5, 0.6) is 0 Å². The van der Waals surface area contributed by atoms with Crippen LogP contribution in [0.3, 0.4) is 0 Å². The summed E-state index contributed by atoms with van der Waals surface area (Å²) in [6, 6.07) is 6.79. The maximum absolute atomic E-state index is 13.6. The Hall–Kier alpha value is -2.12. The van der Waals surface area contributed by atoms with Gasteiger partial charge in [0.25, 0.3) is 0 Å². The predicted molar refractivity (Wildman–Crippen MR) is 71.0 cm³/mol. The van der Waals surface area contributed by atoms with E-state index < -0.39 is 0 Å². The molecule has 19 heavy (non-hydrogen) atoms. The number of aliphatic hydroxyl groups is 1. The molecule has 1 N–H and O–H groups in total. The third kappa shape index (κ3) is 3.43. The number of halogens is 1. The van der Waals surface area contributed by atoms with E-state index in [4.69, 9.17) is 5.11 Å². The lowest BCUT2D eigenvalue weighted by atomic mass is 10.1. The van der Waals surface area contributed by atoms with Gasteiger partial charge in [0.1, 0.15) is 5.82 Å². The molecule has 4 heteroatoms. The van der Waals surface area contributed by atoms with Crippen molar-refractivity contribution < 1.29 is 9.50 Å². The Kier molecular flexibility index (Phi) is 4.32. The summed E-state index contributed by atoms with van der Waals surface area (Å²) in [5.74, 6) is 5.12. The first-order valence-corrected chi connectivity index (χ1v) is 6.07. The molecule has 0 radical (unpaired) electrons. The van der Waals surface area contributed by atoms with Crippen molar-refractivity contribution >= 4 is 0 Å². The molecule has 0 aliphatic rings. The molecule has 0 bridgehead atoms. The van der Waals surface area contributed by atoms with E-state index in [0.717, 1.165) is 11.3 Å². The van der Waals surface area contributed by atoms with Gasteiger partial charge in [-0.2, -0.15) is 5.10 Å². The molecule has 0 unspecified atom stereocenters. The minimum absolute atomic E-state index is 0.0131. The average molecular weight is 258 g/mol. The van der Waals surface area contributed by atoms with Crippen LogP contribution in [-0.2, 0) is 6.54 Å². The van der Waals surface area contributed by atoms with E-state index in [-0.39, 0.29) is 12.4 Å². The van der Waals surface area contributed by atoms with Crippen molar-refractivity contribution in [1.29, 1.82) is 0 Å². The Bertz CT molecular complexity index is 623. The molecule has 0 saturated carbocycles. The molecule has 0 aliphatic carbocycles. The maximum Gasteiger partial charge on any atom is 0.138 e. The highest BCUT2D eigenvalue weighted by molar-refractivity contribution is 5.38. The number of hydrogen-bond acceptors (Lipinski definition) is 2. The quantitative estimate of drug-likeness (QED) is 0.856. The number of hydrogen-bond donors (Lipinski definition) is 1. The number of benzene rings is 1. The first-order valence-electron chi connectivity index (χ1n) is 6.07. The van der Waals surface area contributed by atoms with Gasteiger partial charge in [-0.1, -0.05) is 17.9 Å². The van der Waals surface area contributed by atoms with Gasteiger partial charge >= 0.3 is 0 Å². The van der Waals surface area contributed by atoms with Crippen molar-refractivity contribution in [3.8, 4) is 11.8 Å². The number of aliphatic hydroxyl groups excluding tert-OH is 1. The normalized spacial score (nSPS) is 10.1. The van der Waals surface area contributed by atoms with Crippen LogP contribution in [0.15, 0.2) is 30.5 Å². The fourth-order valence-electron chi connectivity index (χ4n) is 1.72. The molecular formula is C15H15FN2O. The molecule has 1 aromatic heterocycles. The summed E-state index contributed by atoms with van der Waals surface area (Å²) in [4.78, 5) is 0. The Morgan fingerprint density at radius 3 is 2.89 bits per heavy atom. The van der Waals surface area contributed by atoms with Crippen LogP contribution in [-0.4, -0.2) is 21.5 Å². The van der Waals surface area contributed by atoms with E-state index in [1.165, 1.54) is 6.07 Å². The molecule has 0 amide bonds. The van der Waals surface area contributed by atoms with Crippen LogP contribution in [0.1, 0.15) is 23.2 Å². The van der Waals surface area contributed by atoms with Crippen LogP contribution in [0.25, 0.3) is 0 Å². The zero-order valence-corrected chi connectivity index (χ0v) is 10.7. The summed E-state index contributed by atoms with van der Waals surface area (Å²) in [5.41, 5.74) is 2.36. The summed E-state index contributed by atoms with van der Waals surface area (Å²) in [6.07, 6.45) is 2.09. The molecule has 2 rings (SSSR count). The van der Waals surface area contributed by atoms with Crippen molar-refractivity contribution in [2.45, 2.75) is 19.9 Å². The standard InChI is InChI=1S/C15H15FN2O/c1-12-7-8-17-18(12)11-13-5-6-15(16)14(10-13)4-2-3-9-19/h5-8,10,19H,3,9,11H2,1H3. The van der Waals surface area contributed by atoms with Gasteiger partial charge in [-0.3, -0.25) is 4.68 Å². The van der Waals surface area contributed by atoms with E-state index in [2.05, 4.69) is 16.9 Å². The van der Waals surface area contributed by atoms with Crippen LogP contribution in [0.4, 0.5) is 4.39 Å². The number of nitrogens with zero attached hydrogens (tertiary/aromatic N) is 2. The Labute approximate surface area is 111 Å². The molecule has 0 saturated heterocycles. The average Bonchev–Trinajstić information content (AvgIpc) is 2.79. The van der Waals surface area contributed by atoms with Gasteiger partial charge in [0.2, 0.25) is 0 Å². The molecule has 0 fully saturated rings. The Morgan fingerprint density at radius 2 is 2.21 bits per heavy atom. The van der Waals surface area contributed by atoms with Crippen molar-refractivity contribution in [2.75, 3.05) is 6.61 Å². The van der Waals surface area contributed by atoms with Crippen LogP contribution < -0.4 is 0 Å². The highest BCUT2D eigenvalue weighted by atomic mass is 19.1. The summed E-state index contributed by atoms with van der Waals surface area (Å²) in [7, 11) is 0. The lowest BCUT2D eigenvalue weighted by Gasteiger charge is -2.05. The second kappa shape index (κ2) is 6.17. The van der Waals surface area contributed by atoms with Crippen molar-refractivity contribution in [3.63, 3.8) is 0 Å². The van der Waals surface area contributed by atoms with Crippen molar-refractivity contribution in [2.24, 2.45) is 0 Å². The third-order valence-corrected chi connectivity index (χ3v) is 2.75. The first kappa shape index (κ1) is 13.3. The van der Waals surface area contributed by atoms with Gasteiger partial charge < -0.3 is 5.11 Å². The SMILES string of the molecule is Cc1ccnn1Cc1ccc(F)c(C#CCCO)c1. The molecule has 0 aliphatic heterocycles. The second-order valence-corrected chi connectivity index (χ2v) is 4.22.